The SMILES string of the molecule is COc1ccc(C2C=C(c3ccc(Cl)cc3)NC(=O)C2C(N)=O)cc1. The molecule has 2 unspecified atom stereocenters. The van der Waals surface area contributed by atoms with Gasteiger partial charge in [-0.2, -0.15) is 0 Å². The Bertz CT molecular complexity index is 829. The zero-order chi connectivity index (χ0) is 18.0. The van der Waals surface area contributed by atoms with Crippen LogP contribution in [0.15, 0.2) is 54.6 Å². The summed E-state index contributed by atoms with van der Waals surface area (Å²) in [6.45, 7) is 0. The molecule has 0 aromatic heterocycles. The molecule has 2 atom stereocenters. The van der Waals surface area contributed by atoms with E-state index in [0.29, 0.717) is 16.5 Å². The molecule has 0 spiro atoms. The van der Waals surface area contributed by atoms with Crippen molar-refractivity contribution in [1.29, 1.82) is 0 Å². The van der Waals surface area contributed by atoms with E-state index in [0.717, 1.165) is 11.1 Å². The monoisotopic (exact) mass is 356 g/mol. The normalized spacial score (nSPS) is 19.8. The van der Waals surface area contributed by atoms with Crippen molar-refractivity contribution >= 4 is 29.1 Å². The molecule has 0 aliphatic carbocycles. The number of nitrogens with one attached hydrogen (secondary N) is 1. The number of hydrogen-bond acceptors (Lipinski definition) is 3. The number of hydrogen-bond donors (Lipinski definition) is 2. The molecule has 5 nitrogen and oxygen atoms in total. The van der Waals surface area contributed by atoms with E-state index in [2.05, 4.69) is 5.32 Å². The third-order valence-corrected chi connectivity index (χ3v) is 4.46. The lowest BCUT2D eigenvalue weighted by Crippen LogP contribution is -2.44. The summed E-state index contributed by atoms with van der Waals surface area (Å²) in [6.07, 6.45) is 1.85. The van der Waals surface area contributed by atoms with Crippen LogP contribution in [0.3, 0.4) is 0 Å². The van der Waals surface area contributed by atoms with E-state index >= 15 is 0 Å². The fraction of sp³-hybridized carbons (Fsp3) is 0.158. The Morgan fingerprint density at radius 3 is 2.32 bits per heavy atom. The van der Waals surface area contributed by atoms with Crippen LogP contribution in [-0.4, -0.2) is 18.9 Å². The highest BCUT2D eigenvalue weighted by atomic mass is 35.5. The molecule has 128 valence electrons. The molecule has 1 heterocycles. The summed E-state index contributed by atoms with van der Waals surface area (Å²) in [5, 5.41) is 3.36. The molecular weight excluding hydrogens is 340 g/mol. The minimum absolute atomic E-state index is 0.416. The summed E-state index contributed by atoms with van der Waals surface area (Å²) < 4.78 is 5.15. The average molecular weight is 357 g/mol. The second kappa shape index (κ2) is 6.99. The van der Waals surface area contributed by atoms with E-state index in [-0.39, 0.29) is 0 Å². The van der Waals surface area contributed by atoms with Crippen LogP contribution < -0.4 is 15.8 Å². The number of ether oxygens (including phenoxy) is 1. The van der Waals surface area contributed by atoms with Crippen molar-refractivity contribution in [3.05, 3.63) is 70.8 Å². The molecular formula is C19H17ClN2O3. The second-order valence-electron chi connectivity index (χ2n) is 5.76. The van der Waals surface area contributed by atoms with Gasteiger partial charge in [-0.25, -0.2) is 0 Å². The fourth-order valence-corrected chi connectivity index (χ4v) is 3.04. The first kappa shape index (κ1) is 17.0. The molecule has 1 aliphatic rings. The van der Waals surface area contributed by atoms with Crippen LogP contribution in [0, 0.1) is 5.92 Å². The lowest BCUT2D eigenvalue weighted by molar-refractivity contribution is -0.133. The van der Waals surface area contributed by atoms with Gasteiger partial charge in [-0.1, -0.05) is 41.9 Å². The number of rotatable bonds is 4. The molecule has 0 radical (unpaired) electrons. The van der Waals surface area contributed by atoms with Gasteiger partial charge in [0.2, 0.25) is 11.8 Å². The molecule has 25 heavy (non-hydrogen) atoms. The number of allylic oxidation sites excluding steroid dienone is 1. The first-order valence-corrected chi connectivity index (χ1v) is 8.09. The quantitative estimate of drug-likeness (QED) is 0.826. The van der Waals surface area contributed by atoms with Gasteiger partial charge in [0.25, 0.3) is 0 Å². The first-order chi connectivity index (χ1) is 12.0. The number of primary amides is 1. The maximum Gasteiger partial charge on any atom is 0.237 e. The van der Waals surface area contributed by atoms with Crippen molar-refractivity contribution in [2.75, 3.05) is 7.11 Å². The summed E-state index contributed by atoms with van der Waals surface area (Å²) in [7, 11) is 1.58. The first-order valence-electron chi connectivity index (χ1n) is 7.71. The van der Waals surface area contributed by atoms with Crippen LogP contribution >= 0.6 is 11.6 Å². The molecule has 0 fully saturated rings. The Morgan fingerprint density at radius 1 is 1.12 bits per heavy atom. The van der Waals surface area contributed by atoms with Crippen molar-refractivity contribution in [2.45, 2.75) is 5.92 Å². The summed E-state index contributed by atoms with van der Waals surface area (Å²) >= 11 is 5.92. The zero-order valence-corrected chi connectivity index (χ0v) is 14.3. The highest BCUT2D eigenvalue weighted by Crippen LogP contribution is 2.34. The summed E-state index contributed by atoms with van der Waals surface area (Å²) in [5.41, 5.74) is 7.72. The smallest absolute Gasteiger partial charge is 0.237 e. The van der Waals surface area contributed by atoms with Crippen LogP contribution in [0.5, 0.6) is 5.75 Å². The summed E-state index contributed by atoms with van der Waals surface area (Å²) in [5.74, 6) is -1.81. The fourth-order valence-electron chi connectivity index (χ4n) is 2.91. The van der Waals surface area contributed by atoms with Gasteiger partial charge in [0.05, 0.1) is 7.11 Å². The van der Waals surface area contributed by atoms with E-state index in [9.17, 15) is 9.59 Å². The summed E-state index contributed by atoms with van der Waals surface area (Å²) in [4.78, 5) is 24.3. The van der Waals surface area contributed by atoms with Gasteiger partial charge in [0, 0.05) is 16.6 Å². The predicted molar refractivity (Wildman–Crippen MR) is 96.0 cm³/mol. The molecule has 0 saturated heterocycles. The van der Waals surface area contributed by atoms with E-state index in [1.165, 1.54) is 0 Å². The Morgan fingerprint density at radius 2 is 1.76 bits per heavy atom. The van der Waals surface area contributed by atoms with Crippen LogP contribution in [0.4, 0.5) is 0 Å². The van der Waals surface area contributed by atoms with Gasteiger partial charge in [0.15, 0.2) is 0 Å². The van der Waals surface area contributed by atoms with Crippen LogP contribution in [0.2, 0.25) is 5.02 Å². The van der Waals surface area contributed by atoms with Crippen molar-refractivity contribution < 1.29 is 14.3 Å². The van der Waals surface area contributed by atoms with Crippen molar-refractivity contribution in [3.63, 3.8) is 0 Å². The predicted octanol–water partition coefficient (Wildman–Crippen LogP) is 2.70. The number of nitrogens with two attached hydrogens (primary N) is 1. The van der Waals surface area contributed by atoms with Gasteiger partial charge < -0.3 is 15.8 Å². The van der Waals surface area contributed by atoms with Crippen molar-refractivity contribution in [2.24, 2.45) is 11.7 Å². The highest BCUT2D eigenvalue weighted by Gasteiger charge is 2.37. The number of carbonyl (C=O) groups is 2. The van der Waals surface area contributed by atoms with Gasteiger partial charge >= 0.3 is 0 Å². The van der Waals surface area contributed by atoms with E-state index in [4.69, 9.17) is 22.1 Å². The van der Waals surface area contributed by atoms with E-state index in [1.54, 1.807) is 31.4 Å². The van der Waals surface area contributed by atoms with Crippen LogP contribution in [0.1, 0.15) is 17.0 Å². The van der Waals surface area contributed by atoms with Gasteiger partial charge in [-0.15, -0.1) is 0 Å². The molecule has 2 aromatic carbocycles. The highest BCUT2D eigenvalue weighted by molar-refractivity contribution is 6.30. The number of methoxy groups -OCH3 is 1. The molecule has 6 heteroatoms. The molecule has 2 aromatic rings. The maximum atomic E-state index is 12.5. The van der Waals surface area contributed by atoms with Gasteiger partial charge in [-0.3, -0.25) is 9.59 Å². The molecule has 3 rings (SSSR count). The summed E-state index contributed by atoms with van der Waals surface area (Å²) in [6, 6.07) is 14.3. The Hall–Kier alpha value is -2.79. The Labute approximate surface area is 150 Å². The second-order valence-corrected chi connectivity index (χ2v) is 6.19. The number of carbonyl (C=O) groups excluding carboxylic acids is 2. The third-order valence-electron chi connectivity index (χ3n) is 4.21. The van der Waals surface area contributed by atoms with Crippen molar-refractivity contribution in [1.82, 2.24) is 5.32 Å². The Kier molecular flexibility index (Phi) is 4.76. The van der Waals surface area contributed by atoms with Crippen LogP contribution in [0.25, 0.3) is 5.70 Å². The minimum atomic E-state index is -0.968. The largest absolute Gasteiger partial charge is 0.497 e. The molecule has 3 N–H and O–H groups in total. The van der Waals surface area contributed by atoms with Crippen molar-refractivity contribution in [3.8, 4) is 5.75 Å². The average Bonchev–Trinajstić information content (AvgIpc) is 2.61. The zero-order valence-electron chi connectivity index (χ0n) is 13.5. The van der Waals surface area contributed by atoms with Crippen LogP contribution in [-0.2, 0) is 9.59 Å². The number of halogens is 1. The van der Waals surface area contributed by atoms with Gasteiger partial charge in [0.1, 0.15) is 11.7 Å². The molecule has 0 saturated carbocycles. The third kappa shape index (κ3) is 3.51. The van der Waals surface area contributed by atoms with E-state index < -0.39 is 23.7 Å². The minimum Gasteiger partial charge on any atom is -0.497 e. The van der Waals surface area contributed by atoms with Gasteiger partial charge in [-0.05, 0) is 35.4 Å². The maximum absolute atomic E-state index is 12.5. The molecule has 1 aliphatic heterocycles. The van der Waals surface area contributed by atoms with E-state index in [1.807, 2.05) is 30.3 Å². The standard InChI is InChI=1S/C19H17ClN2O3/c1-25-14-8-4-11(5-9-14)15-10-16(12-2-6-13(20)7-3-12)22-19(24)17(15)18(21)23/h2-10,15,17H,1H3,(H2,21,23)(H,22,24). The topological polar surface area (TPSA) is 81.4 Å². The lowest BCUT2D eigenvalue weighted by atomic mass is 9.81. The molecule has 2 amide bonds. The molecule has 0 bridgehead atoms. The Balaban J connectivity index is 2.04. The number of amides is 2. The number of benzene rings is 2. The lowest BCUT2D eigenvalue weighted by Gasteiger charge is -2.28.